The van der Waals surface area contributed by atoms with Gasteiger partial charge in [0.2, 0.25) is 11.6 Å². The van der Waals surface area contributed by atoms with Crippen molar-refractivity contribution >= 4 is 0 Å². The maximum atomic E-state index is 6.87. The first kappa shape index (κ1) is 13.5. The van der Waals surface area contributed by atoms with Crippen molar-refractivity contribution in [3.63, 3.8) is 0 Å². The van der Waals surface area contributed by atoms with E-state index in [1.54, 1.807) is 0 Å². The lowest BCUT2D eigenvalue weighted by Gasteiger charge is -2.39. The quantitative estimate of drug-likeness (QED) is 0.917. The molecule has 5 fully saturated rings. The smallest absolute Gasteiger partial charge is 0.203 e. The van der Waals surface area contributed by atoms with E-state index in [-0.39, 0.29) is 12.5 Å². The molecule has 4 heteroatoms. The van der Waals surface area contributed by atoms with E-state index < -0.39 is 11.6 Å². The third kappa shape index (κ3) is 1.35. The van der Waals surface area contributed by atoms with E-state index in [2.05, 4.69) is 53.8 Å². The normalized spacial score (nSPS) is 50.7. The number of nitrogens with one attached hydrogen (secondary N) is 1. The van der Waals surface area contributed by atoms with Gasteiger partial charge < -0.3 is 14.2 Å². The highest BCUT2D eigenvalue weighted by atomic mass is 16.8. The van der Waals surface area contributed by atoms with Crippen molar-refractivity contribution < 1.29 is 14.2 Å². The Morgan fingerprint density at radius 2 is 1.20 bits per heavy atom. The van der Waals surface area contributed by atoms with Gasteiger partial charge in [0.1, 0.15) is 12.5 Å². The molecule has 5 aliphatic rings. The van der Waals surface area contributed by atoms with Gasteiger partial charge in [0.15, 0.2) is 0 Å². The zero-order chi connectivity index (χ0) is 16.2. The van der Waals surface area contributed by atoms with Crippen LogP contribution in [0.15, 0.2) is 60.7 Å². The molecule has 0 radical (unpaired) electrons. The minimum Gasteiger partial charge on any atom is -0.327 e. The molecule has 4 aliphatic heterocycles. The Kier molecular flexibility index (Phi) is 2.24. The van der Waals surface area contributed by atoms with Crippen LogP contribution in [0.25, 0.3) is 0 Å². The Hall–Kier alpha value is -1.72. The highest BCUT2D eigenvalue weighted by molar-refractivity contribution is 5.35. The minimum absolute atomic E-state index is 0.0329. The number of hydrogen-bond acceptors (Lipinski definition) is 4. The van der Waals surface area contributed by atoms with E-state index in [4.69, 9.17) is 14.2 Å². The first-order valence-electron chi connectivity index (χ1n) is 9.25. The first-order valence-corrected chi connectivity index (χ1v) is 9.25. The molecule has 4 heterocycles. The van der Waals surface area contributed by atoms with E-state index >= 15 is 0 Å². The third-order valence-electron chi connectivity index (χ3n) is 7.10. The molecule has 2 aromatic rings. The largest absolute Gasteiger partial charge is 0.327 e. The number of benzene rings is 2. The monoisotopic (exact) mass is 333 g/mol. The van der Waals surface area contributed by atoms with Gasteiger partial charge in [-0.3, -0.25) is 5.32 Å². The van der Waals surface area contributed by atoms with Crippen molar-refractivity contribution in [2.45, 2.75) is 30.5 Å². The lowest BCUT2D eigenvalue weighted by atomic mass is 9.78. The van der Waals surface area contributed by atoms with Crippen molar-refractivity contribution in [1.29, 1.82) is 0 Å². The SMILES string of the molecule is c1ccc(C23OC4NC5OC(c6ccccc6)(O2)C2C5CC4C23)cc1. The molecule has 8 unspecified atom stereocenters. The van der Waals surface area contributed by atoms with Gasteiger partial charge in [0, 0.05) is 34.8 Å². The van der Waals surface area contributed by atoms with Crippen molar-refractivity contribution in [2.24, 2.45) is 23.7 Å². The van der Waals surface area contributed by atoms with Crippen LogP contribution < -0.4 is 5.32 Å². The highest BCUT2D eigenvalue weighted by Gasteiger charge is 2.82. The summed E-state index contributed by atoms with van der Waals surface area (Å²) in [5.41, 5.74) is 2.23. The molecule has 126 valence electrons. The van der Waals surface area contributed by atoms with Gasteiger partial charge in [-0.2, -0.15) is 0 Å². The minimum atomic E-state index is -0.704. The van der Waals surface area contributed by atoms with Crippen LogP contribution in [0.3, 0.4) is 0 Å². The van der Waals surface area contributed by atoms with Crippen LogP contribution in [0.5, 0.6) is 0 Å². The summed E-state index contributed by atoms with van der Waals surface area (Å²) in [6.45, 7) is 0. The second kappa shape index (κ2) is 4.15. The number of hydrogen-bond donors (Lipinski definition) is 1. The predicted molar refractivity (Wildman–Crippen MR) is 88.8 cm³/mol. The highest BCUT2D eigenvalue weighted by Crippen LogP contribution is 2.75. The molecule has 8 atom stereocenters. The zero-order valence-corrected chi connectivity index (χ0v) is 13.7. The Morgan fingerprint density at radius 3 is 1.68 bits per heavy atom. The average Bonchev–Trinajstić information content (AvgIpc) is 3.33. The third-order valence-corrected chi connectivity index (χ3v) is 7.10. The number of ether oxygens (including phenoxy) is 3. The Balaban J connectivity index is 1.49. The molecule has 4 nitrogen and oxygen atoms in total. The van der Waals surface area contributed by atoms with Gasteiger partial charge in [-0.15, -0.1) is 0 Å². The lowest BCUT2D eigenvalue weighted by molar-refractivity contribution is -0.361. The summed E-state index contributed by atoms with van der Waals surface area (Å²) in [7, 11) is 0. The second-order valence-corrected chi connectivity index (χ2v) is 8.03. The zero-order valence-electron chi connectivity index (χ0n) is 13.7. The van der Waals surface area contributed by atoms with Crippen LogP contribution in [0.2, 0.25) is 0 Å². The standard InChI is InChI=1S/C21H19NO3/c1-3-7-12(8-4-1)20-16-14-11-15-17(16)21(25-20,13-9-5-2-6-10-13)24-19(15)22-18(14)23-20/h1-10,14-19,22H,11H2. The molecule has 0 aromatic heterocycles. The summed E-state index contributed by atoms with van der Waals surface area (Å²) in [4.78, 5) is 0. The number of rotatable bonds is 2. The van der Waals surface area contributed by atoms with Gasteiger partial charge in [-0.05, 0) is 6.42 Å². The number of piperidine rings is 1. The Morgan fingerprint density at radius 1 is 0.720 bits per heavy atom. The topological polar surface area (TPSA) is 39.7 Å². The molecule has 2 aromatic carbocycles. The van der Waals surface area contributed by atoms with E-state index in [1.165, 1.54) is 6.42 Å². The summed E-state index contributed by atoms with van der Waals surface area (Å²) in [5, 5.41) is 3.62. The molecular formula is C21H19NO3. The molecule has 4 saturated heterocycles. The molecule has 1 aliphatic carbocycles. The van der Waals surface area contributed by atoms with Crippen molar-refractivity contribution in [3.05, 3.63) is 71.8 Å². The van der Waals surface area contributed by atoms with Crippen molar-refractivity contribution in [3.8, 4) is 0 Å². The molecule has 25 heavy (non-hydrogen) atoms. The van der Waals surface area contributed by atoms with Crippen LogP contribution in [-0.4, -0.2) is 12.5 Å². The van der Waals surface area contributed by atoms with Crippen LogP contribution in [-0.2, 0) is 25.8 Å². The average molecular weight is 333 g/mol. The Labute approximate surface area is 146 Å². The maximum absolute atomic E-state index is 6.87. The second-order valence-electron chi connectivity index (χ2n) is 8.03. The van der Waals surface area contributed by atoms with E-state index in [1.807, 2.05) is 12.1 Å². The maximum Gasteiger partial charge on any atom is 0.203 e. The van der Waals surface area contributed by atoms with Crippen LogP contribution >= 0.6 is 0 Å². The molecule has 1 N–H and O–H groups in total. The molecule has 7 rings (SSSR count). The summed E-state index contributed by atoms with van der Waals surface area (Å²) >= 11 is 0. The summed E-state index contributed by atoms with van der Waals surface area (Å²) in [6, 6.07) is 20.9. The first-order chi connectivity index (χ1) is 12.3. The molecular weight excluding hydrogens is 314 g/mol. The van der Waals surface area contributed by atoms with Crippen LogP contribution in [0.1, 0.15) is 17.5 Å². The predicted octanol–water partition coefficient (Wildman–Crippen LogP) is 2.91. The van der Waals surface area contributed by atoms with E-state index in [9.17, 15) is 0 Å². The molecule has 0 amide bonds. The summed E-state index contributed by atoms with van der Waals surface area (Å²) in [6.07, 6.45) is 1.24. The van der Waals surface area contributed by atoms with Gasteiger partial charge in [0.05, 0.1) is 0 Å². The van der Waals surface area contributed by atoms with Crippen LogP contribution in [0.4, 0.5) is 0 Å². The van der Waals surface area contributed by atoms with Crippen LogP contribution in [0, 0.1) is 23.7 Å². The summed E-state index contributed by atoms with van der Waals surface area (Å²) in [5.74, 6) is 0.270. The van der Waals surface area contributed by atoms with Gasteiger partial charge in [-0.1, -0.05) is 60.7 Å². The fourth-order valence-electron chi connectivity index (χ4n) is 6.38. The van der Waals surface area contributed by atoms with Crippen molar-refractivity contribution in [1.82, 2.24) is 5.32 Å². The van der Waals surface area contributed by atoms with Gasteiger partial charge >= 0.3 is 0 Å². The van der Waals surface area contributed by atoms with E-state index in [0.29, 0.717) is 23.7 Å². The van der Waals surface area contributed by atoms with Gasteiger partial charge in [-0.25, -0.2) is 0 Å². The fourth-order valence-corrected chi connectivity index (χ4v) is 6.38. The fraction of sp³-hybridized carbons (Fsp3) is 0.429. The molecule has 2 bridgehead atoms. The Bertz CT molecular complexity index is 788. The summed E-state index contributed by atoms with van der Waals surface area (Å²) < 4.78 is 20.1. The van der Waals surface area contributed by atoms with E-state index in [0.717, 1.165) is 11.1 Å². The lowest BCUT2D eigenvalue weighted by Crippen LogP contribution is -2.52. The molecule has 1 saturated carbocycles. The van der Waals surface area contributed by atoms with Crippen molar-refractivity contribution in [2.75, 3.05) is 0 Å². The van der Waals surface area contributed by atoms with Gasteiger partial charge in [0.25, 0.3) is 0 Å². The molecule has 0 spiro atoms.